The van der Waals surface area contributed by atoms with Crippen molar-refractivity contribution in [3.8, 4) is 0 Å². The summed E-state index contributed by atoms with van der Waals surface area (Å²) < 4.78 is 5.54. The Balaban J connectivity index is 3.02. The summed E-state index contributed by atoms with van der Waals surface area (Å²) in [5.41, 5.74) is 0. The van der Waals surface area contributed by atoms with Crippen LogP contribution >= 0.6 is 11.8 Å². The van der Waals surface area contributed by atoms with Gasteiger partial charge in [0.15, 0.2) is 0 Å². The largest absolute Gasteiger partial charge is 0.380 e. The van der Waals surface area contributed by atoms with E-state index >= 15 is 0 Å². The van der Waals surface area contributed by atoms with Gasteiger partial charge < -0.3 is 9.64 Å². The van der Waals surface area contributed by atoms with Gasteiger partial charge in [0.1, 0.15) is 0 Å². The van der Waals surface area contributed by atoms with Gasteiger partial charge in [0.05, 0.1) is 6.61 Å². The summed E-state index contributed by atoms with van der Waals surface area (Å²) in [6.45, 7) is 6.27. The van der Waals surface area contributed by atoms with E-state index in [0.717, 1.165) is 19.8 Å². The van der Waals surface area contributed by atoms with Crippen LogP contribution in [0, 0.1) is 0 Å². The third-order valence-electron chi connectivity index (χ3n) is 2.19. The molecule has 0 radical (unpaired) electrons. The van der Waals surface area contributed by atoms with E-state index in [9.17, 15) is 0 Å². The fourth-order valence-corrected chi connectivity index (χ4v) is 1.63. The number of hydrogen-bond donors (Lipinski definition) is 0. The van der Waals surface area contributed by atoms with Gasteiger partial charge in [-0.05, 0) is 19.7 Å². The molecule has 14 heavy (non-hydrogen) atoms. The predicted octanol–water partition coefficient (Wildman–Crippen LogP) is 2.49. The number of rotatable bonds is 10. The molecular weight excluding hydrogens is 194 g/mol. The SMILES string of the molecule is CCCCCOCCN(C)CCSC. The van der Waals surface area contributed by atoms with E-state index in [1.807, 2.05) is 11.8 Å². The van der Waals surface area contributed by atoms with Crippen molar-refractivity contribution in [3.63, 3.8) is 0 Å². The molecule has 0 heterocycles. The number of thioether (sulfide) groups is 1. The van der Waals surface area contributed by atoms with Crippen LogP contribution in [0.15, 0.2) is 0 Å². The van der Waals surface area contributed by atoms with E-state index in [2.05, 4.69) is 25.1 Å². The third-order valence-corrected chi connectivity index (χ3v) is 2.78. The Morgan fingerprint density at radius 1 is 1.14 bits per heavy atom. The first-order valence-electron chi connectivity index (χ1n) is 5.56. The molecule has 3 heteroatoms. The molecule has 0 rings (SSSR count). The topological polar surface area (TPSA) is 12.5 Å². The second-order valence-electron chi connectivity index (χ2n) is 3.62. The van der Waals surface area contributed by atoms with Gasteiger partial charge >= 0.3 is 0 Å². The van der Waals surface area contributed by atoms with E-state index in [4.69, 9.17) is 4.74 Å². The zero-order valence-electron chi connectivity index (χ0n) is 9.92. The molecule has 0 aliphatic rings. The maximum absolute atomic E-state index is 5.54. The van der Waals surface area contributed by atoms with Crippen LogP contribution in [0.1, 0.15) is 26.2 Å². The summed E-state index contributed by atoms with van der Waals surface area (Å²) in [6.07, 6.45) is 5.93. The van der Waals surface area contributed by atoms with Crippen molar-refractivity contribution in [1.82, 2.24) is 4.90 Å². The van der Waals surface area contributed by atoms with E-state index in [0.29, 0.717) is 0 Å². The molecule has 0 aromatic heterocycles. The minimum absolute atomic E-state index is 0.884. The van der Waals surface area contributed by atoms with Gasteiger partial charge in [-0.15, -0.1) is 0 Å². The van der Waals surface area contributed by atoms with Gasteiger partial charge in [0.25, 0.3) is 0 Å². The quantitative estimate of drug-likeness (QED) is 0.524. The van der Waals surface area contributed by atoms with E-state index in [1.54, 1.807) is 0 Å². The maximum Gasteiger partial charge on any atom is 0.0593 e. The molecule has 0 bridgehead atoms. The van der Waals surface area contributed by atoms with Crippen LogP contribution in [0.2, 0.25) is 0 Å². The Morgan fingerprint density at radius 2 is 1.93 bits per heavy atom. The maximum atomic E-state index is 5.54. The minimum Gasteiger partial charge on any atom is -0.380 e. The smallest absolute Gasteiger partial charge is 0.0593 e. The van der Waals surface area contributed by atoms with Crippen molar-refractivity contribution in [2.75, 3.05) is 45.4 Å². The fraction of sp³-hybridized carbons (Fsp3) is 1.00. The summed E-state index contributed by atoms with van der Waals surface area (Å²) >= 11 is 1.90. The van der Waals surface area contributed by atoms with Crippen LogP contribution in [-0.2, 0) is 4.74 Å². The van der Waals surface area contributed by atoms with Gasteiger partial charge in [-0.3, -0.25) is 0 Å². The van der Waals surface area contributed by atoms with Crippen LogP contribution in [0.3, 0.4) is 0 Å². The minimum atomic E-state index is 0.884. The monoisotopic (exact) mass is 219 g/mol. The molecule has 0 aliphatic heterocycles. The lowest BCUT2D eigenvalue weighted by atomic mass is 10.3. The third kappa shape index (κ3) is 10.4. The van der Waals surface area contributed by atoms with Crippen LogP contribution in [-0.4, -0.2) is 50.3 Å². The normalized spacial score (nSPS) is 11.1. The molecule has 0 spiro atoms. The average molecular weight is 219 g/mol. The molecule has 0 atom stereocenters. The predicted molar refractivity (Wildman–Crippen MR) is 66.2 cm³/mol. The highest BCUT2D eigenvalue weighted by atomic mass is 32.2. The highest BCUT2D eigenvalue weighted by Crippen LogP contribution is 1.95. The average Bonchev–Trinajstić information content (AvgIpc) is 2.20. The number of hydrogen-bond acceptors (Lipinski definition) is 3. The van der Waals surface area contributed by atoms with Crippen molar-refractivity contribution in [1.29, 1.82) is 0 Å². The molecule has 0 aromatic carbocycles. The van der Waals surface area contributed by atoms with Crippen molar-refractivity contribution >= 4 is 11.8 Å². The molecule has 0 fully saturated rings. The standard InChI is InChI=1S/C11H25NOS/c1-4-5-6-9-13-10-7-12(2)8-11-14-3/h4-11H2,1-3H3. The lowest BCUT2D eigenvalue weighted by Gasteiger charge is -2.15. The van der Waals surface area contributed by atoms with Gasteiger partial charge in [-0.25, -0.2) is 0 Å². The summed E-state index contributed by atoms with van der Waals surface area (Å²) in [4.78, 5) is 2.33. The molecule has 0 N–H and O–H groups in total. The van der Waals surface area contributed by atoms with Gasteiger partial charge in [0.2, 0.25) is 0 Å². The first-order valence-corrected chi connectivity index (χ1v) is 6.95. The van der Waals surface area contributed by atoms with E-state index in [-0.39, 0.29) is 0 Å². The van der Waals surface area contributed by atoms with Crippen molar-refractivity contribution < 1.29 is 4.74 Å². The fourth-order valence-electron chi connectivity index (χ4n) is 1.14. The van der Waals surface area contributed by atoms with Crippen molar-refractivity contribution in [3.05, 3.63) is 0 Å². The second kappa shape index (κ2) is 11.3. The first-order chi connectivity index (χ1) is 6.81. The second-order valence-corrected chi connectivity index (χ2v) is 4.60. The zero-order chi connectivity index (χ0) is 10.6. The van der Waals surface area contributed by atoms with E-state index < -0.39 is 0 Å². The van der Waals surface area contributed by atoms with Crippen LogP contribution < -0.4 is 0 Å². The van der Waals surface area contributed by atoms with Crippen LogP contribution in [0.25, 0.3) is 0 Å². The van der Waals surface area contributed by atoms with Crippen LogP contribution in [0.4, 0.5) is 0 Å². The molecule has 0 saturated carbocycles. The van der Waals surface area contributed by atoms with Crippen molar-refractivity contribution in [2.45, 2.75) is 26.2 Å². The Labute approximate surface area is 93.4 Å². The summed E-state index contributed by atoms with van der Waals surface area (Å²) in [5, 5.41) is 0. The lowest BCUT2D eigenvalue weighted by Crippen LogP contribution is -2.25. The molecule has 2 nitrogen and oxygen atoms in total. The number of unbranched alkanes of at least 4 members (excludes halogenated alkanes) is 2. The Morgan fingerprint density at radius 3 is 2.57 bits per heavy atom. The molecule has 0 amide bonds. The molecule has 86 valence electrons. The Hall–Kier alpha value is 0.270. The summed E-state index contributed by atoms with van der Waals surface area (Å²) in [5.74, 6) is 1.21. The first kappa shape index (κ1) is 14.3. The number of nitrogens with zero attached hydrogens (tertiary/aromatic N) is 1. The van der Waals surface area contributed by atoms with Gasteiger partial charge in [-0.1, -0.05) is 19.8 Å². The number of ether oxygens (including phenoxy) is 1. The molecule has 0 aromatic rings. The molecule has 0 aliphatic carbocycles. The van der Waals surface area contributed by atoms with Gasteiger partial charge in [0, 0.05) is 25.4 Å². The molecule has 0 unspecified atom stereocenters. The summed E-state index contributed by atoms with van der Waals surface area (Å²) in [7, 11) is 2.16. The Kier molecular flexibility index (Phi) is 11.6. The van der Waals surface area contributed by atoms with Crippen molar-refractivity contribution in [2.24, 2.45) is 0 Å². The Bertz CT molecular complexity index is 111. The highest BCUT2D eigenvalue weighted by Gasteiger charge is 1.96. The van der Waals surface area contributed by atoms with Gasteiger partial charge in [-0.2, -0.15) is 11.8 Å². The number of likely N-dealkylation sites (N-methyl/N-ethyl adjacent to an activating group) is 1. The lowest BCUT2D eigenvalue weighted by molar-refractivity contribution is 0.110. The van der Waals surface area contributed by atoms with E-state index in [1.165, 1.54) is 31.6 Å². The van der Waals surface area contributed by atoms with Crippen LogP contribution in [0.5, 0.6) is 0 Å². The molecule has 0 saturated heterocycles. The molecular formula is C11H25NOS. The highest BCUT2D eigenvalue weighted by molar-refractivity contribution is 7.98. The summed E-state index contributed by atoms with van der Waals surface area (Å²) in [6, 6.07) is 0. The zero-order valence-corrected chi connectivity index (χ0v) is 10.7.